The van der Waals surface area contributed by atoms with Crippen LogP contribution < -0.4 is 5.56 Å². The number of aromatic amines is 1. The molecule has 0 aliphatic rings. The third-order valence-corrected chi connectivity index (χ3v) is 4.38. The summed E-state index contributed by atoms with van der Waals surface area (Å²) in [7, 11) is 0. The molecule has 0 saturated heterocycles. The summed E-state index contributed by atoms with van der Waals surface area (Å²) in [6.45, 7) is 6.42. The summed E-state index contributed by atoms with van der Waals surface area (Å²) >= 11 is 2.23. The Morgan fingerprint density at radius 1 is 1.26 bits per heavy atom. The van der Waals surface area contributed by atoms with Gasteiger partial charge in [0.15, 0.2) is 5.82 Å². The molecule has 0 aliphatic heterocycles. The molecule has 0 spiro atoms. The maximum Gasteiger partial charge on any atom is 0.249 e. The van der Waals surface area contributed by atoms with Gasteiger partial charge in [0.1, 0.15) is 5.65 Å². The third-order valence-electron chi connectivity index (χ3n) is 3.58. The van der Waals surface area contributed by atoms with Crippen molar-refractivity contribution in [2.45, 2.75) is 39.5 Å². The van der Waals surface area contributed by atoms with Gasteiger partial charge in [-0.05, 0) is 47.6 Å². The van der Waals surface area contributed by atoms with Crippen molar-refractivity contribution < 1.29 is 0 Å². The third kappa shape index (κ3) is 5.30. The van der Waals surface area contributed by atoms with Gasteiger partial charge in [0.05, 0.1) is 9.91 Å². The van der Waals surface area contributed by atoms with Gasteiger partial charge < -0.3 is 9.88 Å². The number of fused-ring (bicyclic) bond motifs is 1. The van der Waals surface area contributed by atoms with Crippen molar-refractivity contribution in [3.8, 4) is 0 Å². The molecule has 0 saturated carbocycles. The fourth-order valence-corrected chi connectivity index (χ4v) is 2.82. The Balaban J connectivity index is 2.23. The van der Waals surface area contributed by atoms with Crippen LogP contribution in [0.3, 0.4) is 0 Å². The highest BCUT2D eigenvalue weighted by molar-refractivity contribution is 14.1. The van der Waals surface area contributed by atoms with Crippen LogP contribution in [0.25, 0.3) is 11.0 Å². The Kier molecular flexibility index (Phi) is 7.01. The number of aliphatic imine (C=N–C) groups is 1. The number of unbranched alkanes of at least 4 members (excludes halogenated alkanes) is 2. The topological polar surface area (TPSA) is 61.4 Å². The van der Waals surface area contributed by atoms with Crippen LogP contribution in [0.2, 0.25) is 0 Å². The van der Waals surface area contributed by atoms with Crippen LogP contribution in [0.1, 0.15) is 39.5 Å². The predicted molar refractivity (Wildman–Crippen MR) is 105 cm³/mol. The molecule has 5 nitrogen and oxygen atoms in total. The Labute approximate surface area is 150 Å². The highest BCUT2D eigenvalue weighted by Crippen LogP contribution is 2.22. The SMILES string of the molecule is CCCCN(C=Nc1nc2[nH]c(=O)ccc2cc1I)CCCC. The molecule has 124 valence electrons. The first-order chi connectivity index (χ1) is 11.1. The summed E-state index contributed by atoms with van der Waals surface area (Å²) in [5.74, 6) is 0.651. The summed E-state index contributed by atoms with van der Waals surface area (Å²) in [5.41, 5.74) is 0.437. The van der Waals surface area contributed by atoms with E-state index in [1.807, 2.05) is 12.4 Å². The van der Waals surface area contributed by atoms with Crippen molar-refractivity contribution in [2.24, 2.45) is 4.99 Å². The Bertz CT molecular complexity index is 718. The lowest BCUT2D eigenvalue weighted by molar-refractivity contribution is 0.409. The maximum atomic E-state index is 11.4. The number of nitrogens with zero attached hydrogens (tertiary/aromatic N) is 3. The smallest absolute Gasteiger partial charge is 0.249 e. The fourth-order valence-electron chi connectivity index (χ4n) is 2.22. The molecular weight excluding hydrogens is 403 g/mol. The van der Waals surface area contributed by atoms with E-state index in [4.69, 9.17) is 0 Å². The van der Waals surface area contributed by atoms with Crippen LogP contribution in [-0.2, 0) is 0 Å². The molecule has 0 radical (unpaired) electrons. The molecule has 0 bridgehead atoms. The number of aromatic nitrogens is 2. The normalized spacial score (nSPS) is 11.4. The van der Waals surface area contributed by atoms with E-state index in [0.717, 1.165) is 34.9 Å². The maximum absolute atomic E-state index is 11.4. The number of nitrogens with one attached hydrogen (secondary N) is 1. The molecular formula is C17H23IN4O. The van der Waals surface area contributed by atoms with E-state index in [0.29, 0.717) is 11.5 Å². The number of hydrogen-bond acceptors (Lipinski definition) is 3. The van der Waals surface area contributed by atoms with Gasteiger partial charge in [-0.3, -0.25) is 4.79 Å². The van der Waals surface area contributed by atoms with Crippen molar-refractivity contribution in [3.05, 3.63) is 32.1 Å². The van der Waals surface area contributed by atoms with Gasteiger partial charge >= 0.3 is 0 Å². The first kappa shape index (κ1) is 17.9. The van der Waals surface area contributed by atoms with Gasteiger partial charge in [0.2, 0.25) is 5.56 Å². The van der Waals surface area contributed by atoms with Crippen LogP contribution in [0, 0.1) is 3.57 Å². The van der Waals surface area contributed by atoms with E-state index in [-0.39, 0.29) is 5.56 Å². The molecule has 0 atom stereocenters. The van der Waals surface area contributed by atoms with Crippen molar-refractivity contribution in [1.82, 2.24) is 14.9 Å². The molecule has 0 aliphatic carbocycles. The van der Waals surface area contributed by atoms with Crippen molar-refractivity contribution in [1.29, 1.82) is 0 Å². The van der Waals surface area contributed by atoms with E-state index in [2.05, 4.69) is 56.3 Å². The Hall–Kier alpha value is -1.44. The highest BCUT2D eigenvalue weighted by Gasteiger charge is 2.05. The number of rotatable bonds is 8. The molecule has 0 aromatic carbocycles. The lowest BCUT2D eigenvalue weighted by Crippen LogP contribution is -2.24. The highest BCUT2D eigenvalue weighted by atomic mass is 127. The van der Waals surface area contributed by atoms with Crippen LogP contribution >= 0.6 is 22.6 Å². The second kappa shape index (κ2) is 9.00. The largest absolute Gasteiger partial charge is 0.363 e. The van der Waals surface area contributed by atoms with Gasteiger partial charge in [-0.25, -0.2) is 9.98 Å². The number of pyridine rings is 2. The molecule has 23 heavy (non-hydrogen) atoms. The zero-order valence-corrected chi connectivity index (χ0v) is 15.8. The molecule has 6 heteroatoms. The molecule has 0 unspecified atom stereocenters. The molecule has 0 amide bonds. The minimum atomic E-state index is -0.145. The monoisotopic (exact) mass is 426 g/mol. The minimum absolute atomic E-state index is 0.145. The van der Waals surface area contributed by atoms with E-state index < -0.39 is 0 Å². The van der Waals surface area contributed by atoms with E-state index in [9.17, 15) is 4.79 Å². The van der Waals surface area contributed by atoms with E-state index in [1.165, 1.54) is 18.9 Å². The van der Waals surface area contributed by atoms with Crippen LogP contribution in [-0.4, -0.2) is 34.3 Å². The first-order valence-corrected chi connectivity index (χ1v) is 9.19. The summed E-state index contributed by atoms with van der Waals surface area (Å²) < 4.78 is 0.976. The average Bonchev–Trinajstić information content (AvgIpc) is 2.54. The van der Waals surface area contributed by atoms with Gasteiger partial charge in [-0.2, -0.15) is 0 Å². The van der Waals surface area contributed by atoms with Gasteiger partial charge in [-0.1, -0.05) is 26.7 Å². The molecule has 1 N–H and O–H groups in total. The molecule has 0 fully saturated rings. The standard InChI is InChI=1S/C17H23IN4O/c1-3-5-9-22(10-6-4-2)12-19-17-14(18)11-13-7-8-15(23)20-16(13)21-17/h7-8,11-12H,3-6,9-10H2,1-2H3,(H,20,21,23). The quantitative estimate of drug-likeness (QED) is 0.393. The molecule has 2 aromatic rings. The second-order valence-corrected chi connectivity index (χ2v) is 6.70. The van der Waals surface area contributed by atoms with Crippen LogP contribution in [0.4, 0.5) is 5.82 Å². The zero-order chi connectivity index (χ0) is 16.7. The average molecular weight is 426 g/mol. The van der Waals surface area contributed by atoms with Crippen molar-refractivity contribution >= 4 is 45.8 Å². The van der Waals surface area contributed by atoms with Gasteiger partial charge in [0, 0.05) is 24.5 Å². The van der Waals surface area contributed by atoms with Crippen LogP contribution in [0.15, 0.2) is 28.0 Å². The zero-order valence-electron chi connectivity index (χ0n) is 13.7. The first-order valence-electron chi connectivity index (χ1n) is 8.12. The Morgan fingerprint density at radius 3 is 2.61 bits per heavy atom. The lowest BCUT2D eigenvalue weighted by atomic mass is 10.3. The lowest BCUT2D eigenvalue weighted by Gasteiger charge is -2.18. The van der Waals surface area contributed by atoms with Gasteiger partial charge in [0.25, 0.3) is 0 Å². The number of H-pyrrole nitrogens is 1. The van der Waals surface area contributed by atoms with Crippen molar-refractivity contribution in [2.75, 3.05) is 13.1 Å². The van der Waals surface area contributed by atoms with E-state index >= 15 is 0 Å². The molecule has 2 heterocycles. The summed E-state index contributed by atoms with van der Waals surface area (Å²) in [5, 5.41) is 0.918. The van der Waals surface area contributed by atoms with E-state index in [1.54, 1.807) is 6.07 Å². The number of halogens is 1. The summed E-state index contributed by atoms with van der Waals surface area (Å²) in [4.78, 5) is 25.5. The van der Waals surface area contributed by atoms with Crippen LogP contribution in [0.5, 0.6) is 0 Å². The fraction of sp³-hybridized carbons (Fsp3) is 0.471. The Morgan fingerprint density at radius 2 is 1.96 bits per heavy atom. The predicted octanol–water partition coefficient (Wildman–Crippen LogP) is 4.09. The van der Waals surface area contributed by atoms with Crippen molar-refractivity contribution in [3.63, 3.8) is 0 Å². The second-order valence-electron chi connectivity index (χ2n) is 5.54. The minimum Gasteiger partial charge on any atom is -0.363 e. The molecule has 2 aromatic heterocycles. The number of hydrogen-bond donors (Lipinski definition) is 1. The molecule has 2 rings (SSSR count). The summed E-state index contributed by atoms with van der Waals surface area (Å²) in [6, 6.07) is 5.29. The van der Waals surface area contributed by atoms with Gasteiger partial charge in [-0.15, -0.1) is 0 Å². The summed E-state index contributed by atoms with van der Waals surface area (Å²) in [6.07, 6.45) is 6.55.